The number of pyridine rings is 1. The zero-order chi connectivity index (χ0) is 29.9. The summed E-state index contributed by atoms with van der Waals surface area (Å²) in [4.78, 5) is 51.1. The monoisotopic (exact) mass is 585 g/mol. The number of benzene rings is 2. The number of amides is 1. The van der Waals surface area contributed by atoms with Crippen LogP contribution in [0.1, 0.15) is 28.0 Å². The molecule has 2 aliphatic rings. The summed E-state index contributed by atoms with van der Waals surface area (Å²) in [7, 11) is 2.06. The predicted molar refractivity (Wildman–Crippen MR) is 160 cm³/mol. The van der Waals surface area contributed by atoms with Gasteiger partial charge in [0, 0.05) is 38.8 Å². The first-order chi connectivity index (χ1) is 20.9. The van der Waals surface area contributed by atoms with Crippen molar-refractivity contribution in [1.82, 2.24) is 14.3 Å². The minimum Gasteiger partial charge on any atom is -0.481 e. The van der Waals surface area contributed by atoms with Crippen LogP contribution in [0.5, 0.6) is 5.75 Å². The first kappa shape index (κ1) is 28.4. The molecule has 0 spiro atoms. The molecule has 2 fully saturated rings. The Kier molecular flexibility index (Phi) is 8.06. The third kappa shape index (κ3) is 6.07. The van der Waals surface area contributed by atoms with E-state index in [-0.39, 0.29) is 49.1 Å². The van der Waals surface area contributed by atoms with Crippen LogP contribution in [-0.2, 0) is 17.8 Å². The number of halogens is 1. The molecule has 1 amide bonds. The van der Waals surface area contributed by atoms with E-state index in [4.69, 9.17) is 14.5 Å². The van der Waals surface area contributed by atoms with Crippen molar-refractivity contribution in [3.05, 3.63) is 99.9 Å². The van der Waals surface area contributed by atoms with Crippen LogP contribution in [-0.4, -0.2) is 72.5 Å². The van der Waals surface area contributed by atoms with Crippen LogP contribution in [0.25, 0.3) is 5.65 Å². The lowest BCUT2D eigenvalue weighted by molar-refractivity contribution is 0.0972. The van der Waals surface area contributed by atoms with Crippen molar-refractivity contribution < 1.29 is 23.5 Å². The lowest BCUT2D eigenvalue weighted by Crippen LogP contribution is -2.44. The van der Waals surface area contributed by atoms with Crippen molar-refractivity contribution >= 4 is 28.9 Å². The Bertz CT molecular complexity index is 1700. The summed E-state index contributed by atoms with van der Waals surface area (Å²) in [6, 6.07) is 17.1. The number of aromatic nitrogens is 2. The van der Waals surface area contributed by atoms with Gasteiger partial charge in [-0.15, -0.1) is 0 Å². The summed E-state index contributed by atoms with van der Waals surface area (Å²) in [6.07, 6.45) is 1.51. The lowest BCUT2D eigenvalue weighted by atomic mass is 10.1. The van der Waals surface area contributed by atoms with E-state index in [1.54, 1.807) is 18.3 Å². The zero-order valence-electron chi connectivity index (χ0n) is 23.9. The maximum absolute atomic E-state index is 14.2. The summed E-state index contributed by atoms with van der Waals surface area (Å²) < 4.78 is 26.0. The van der Waals surface area contributed by atoms with Gasteiger partial charge in [0.15, 0.2) is 17.1 Å². The highest BCUT2D eigenvalue weighted by Crippen LogP contribution is 2.31. The Hall–Kier alpha value is -4.77. The second kappa shape index (κ2) is 12.2. The van der Waals surface area contributed by atoms with Gasteiger partial charge < -0.3 is 19.3 Å². The number of rotatable bonds is 9. The maximum Gasteiger partial charge on any atom is 0.414 e. The summed E-state index contributed by atoms with van der Waals surface area (Å²) in [5.41, 5.74) is 2.25. The molecule has 4 aromatic rings. The highest BCUT2D eigenvalue weighted by molar-refractivity contribution is 5.99. The number of hydrogen-bond donors (Lipinski definition) is 0. The van der Waals surface area contributed by atoms with Crippen LogP contribution in [0.4, 0.5) is 20.6 Å². The van der Waals surface area contributed by atoms with E-state index >= 15 is 0 Å². The fourth-order valence-electron chi connectivity index (χ4n) is 5.32. The topological polar surface area (TPSA) is 96.7 Å². The molecule has 0 atom stereocenters. The molecule has 0 bridgehead atoms. The Morgan fingerprint density at radius 2 is 1.72 bits per heavy atom. The molecule has 2 aromatic carbocycles. The average molecular weight is 586 g/mol. The highest BCUT2D eigenvalue weighted by atomic mass is 19.1. The molecule has 4 heterocycles. The molecule has 0 unspecified atom stereocenters. The summed E-state index contributed by atoms with van der Waals surface area (Å²) in [5.74, 6) is -0.916. The standard InChI is InChI=1S/C32H32FN5O5/c1-35-13-15-36(16-14-35)25-19-26(37-17-18-42-32(37)41)30-34-28(27(39)12-9-22-7-10-24(33)11-8-22)29(31(40)38(30)20-25)43-21-23-5-3-2-4-6-23/h2-8,10-11,19-20H,9,12-18,21H2,1H3. The molecule has 0 saturated carbocycles. The molecule has 6 rings (SSSR count). The minimum absolute atomic E-state index is 0.0242. The average Bonchev–Trinajstić information content (AvgIpc) is 3.46. The fourth-order valence-corrected chi connectivity index (χ4v) is 5.32. The number of fused-ring (bicyclic) bond motifs is 1. The van der Waals surface area contributed by atoms with E-state index in [9.17, 15) is 18.8 Å². The van der Waals surface area contributed by atoms with Crippen LogP contribution < -0.4 is 20.1 Å². The van der Waals surface area contributed by atoms with Crippen molar-refractivity contribution in [2.24, 2.45) is 0 Å². The largest absolute Gasteiger partial charge is 0.481 e. The molecule has 0 N–H and O–H groups in total. The molecule has 11 heteroatoms. The van der Waals surface area contributed by atoms with Gasteiger partial charge in [-0.05, 0) is 42.8 Å². The number of nitrogens with zero attached hydrogens (tertiary/aromatic N) is 5. The fraction of sp³-hybridized carbons (Fsp3) is 0.312. The first-order valence-electron chi connectivity index (χ1n) is 14.3. The molecule has 222 valence electrons. The quantitative estimate of drug-likeness (QED) is 0.273. The normalized spacial score (nSPS) is 15.6. The third-order valence-corrected chi connectivity index (χ3v) is 7.81. The van der Waals surface area contributed by atoms with Gasteiger partial charge in [-0.3, -0.25) is 18.9 Å². The summed E-state index contributed by atoms with van der Waals surface area (Å²) >= 11 is 0. The van der Waals surface area contributed by atoms with Gasteiger partial charge in [-0.2, -0.15) is 0 Å². The van der Waals surface area contributed by atoms with Crippen molar-refractivity contribution in [3.8, 4) is 5.75 Å². The number of piperazine rings is 1. The van der Waals surface area contributed by atoms with E-state index in [1.807, 2.05) is 36.4 Å². The zero-order valence-corrected chi connectivity index (χ0v) is 23.9. The lowest BCUT2D eigenvalue weighted by Gasteiger charge is -2.34. The number of anilines is 2. The van der Waals surface area contributed by atoms with Gasteiger partial charge in [0.05, 0.1) is 17.9 Å². The number of likely N-dealkylation sites (N-methyl/N-ethyl adjacent to an activating group) is 1. The second-order valence-electron chi connectivity index (χ2n) is 10.8. The molecule has 10 nitrogen and oxygen atoms in total. The maximum atomic E-state index is 14.2. The number of Topliss-reactive ketones (excluding diaryl/α,β-unsaturated/α-hetero) is 1. The van der Waals surface area contributed by atoms with Crippen LogP contribution >= 0.6 is 0 Å². The molecule has 2 saturated heterocycles. The smallest absolute Gasteiger partial charge is 0.414 e. The van der Waals surface area contributed by atoms with E-state index in [1.165, 1.54) is 21.4 Å². The predicted octanol–water partition coefficient (Wildman–Crippen LogP) is 3.94. The van der Waals surface area contributed by atoms with Crippen molar-refractivity contribution in [3.63, 3.8) is 0 Å². The highest BCUT2D eigenvalue weighted by Gasteiger charge is 2.30. The number of aryl methyl sites for hydroxylation is 1. The van der Waals surface area contributed by atoms with E-state index in [0.717, 1.165) is 43.0 Å². The summed E-state index contributed by atoms with van der Waals surface area (Å²) in [6.45, 7) is 3.73. The van der Waals surface area contributed by atoms with Gasteiger partial charge in [0.1, 0.15) is 19.0 Å². The van der Waals surface area contributed by atoms with Gasteiger partial charge >= 0.3 is 11.7 Å². The van der Waals surface area contributed by atoms with Crippen LogP contribution in [0, 0.1) is 5.82 Å². The molecular formula is C32H32FN5O5. The van der Waals surface area contributed by atoms with Crippen LogP contribution in [0.15, 0.2) is 71.7 Å². The third-order valence-electron chi connectivity index (χ3n) is 7.81. The van der Waals surface area contributed by atoms with E-state index in [0.29, 0.717) is 12.1 Å². The van der Waals surface area contributed by atoms with E-state index < -0.39 is 17.4 Å². The van der Waals surface area contributed by atoms with Gasteiger partial charge in [-0.1, -0.05) is 42.5 Å². The van der Waals surface area contributed by atoms with Crippen molar-refractivity contribution in [2.45, 2.75) is 19.4 Å². The number of carbonyl (C=O) groups is 2. The summed E-state index contributed by atoms with van der Waals surface area (Å²) in [5, 5.41) is 0. The number of cyclic esters (lactones) is 1. The number of ether oxygens (including phenoxy) is 2. The van der Waals surface area contributed by atoms with Gasteiger partial charge in [0.25, 0.3) is 0 Å². The number of ketones is 1. The minimum atomic E-state index is -0.546. The molecule has 0 aliphatic carbocycles. The Morgan fingerprint density at radius 1 is 0.977 bits per heavy atom. The molecule has 43 heavy (non-hydrogen) atoms. The molecule has 2 aliphatic heterocycles. The van der Waals surface area contributed by atoms with Gasteiger partial charge in [0.2, 0.25) is 5.75 Å². The Labute approximate surface area is 247 Å². The van der Waals surface area contributed by atoms with Crippen molar-refractivity contribution in [1.29, 1.82) is 0 Å². The van der Waals surface area contributed by atoms with Crippen molar-refractivity contribution in [2.75, 3.05) is 56.2 Å². The number of carbonyl (C=O) groups excluding carboxylic acids is 2. The van der Waals surface area contributed by atoms with E-state index in [2.05, 4.69) is 16.8 Å². The number of hydrogen-bond acceptors (Lipinski definition) is 8. The van der Waals surface area contributed by atoms with Crippen LogP contribution in [0.3, 0.4) is 0 Å². The Morgan fingerprint density at radius 3 is 2.42 bits per heavy atom. The molecule has 2 aromatic heterocycles. The SMILES string of the molecule is CN1CCN(c2cc(N3CCOC3=O)c3nc(C(=O)CCc4ccc(F)cc4)c(OCc4ccccc4)c(=O)n3c2)CC1. The molecular weight excluding hydrogens is 553 g/mol. The van der Waals surface area contributed by atoms with Crippen LogP contribution in [0.2, 0.25) is 0 Å². The first-order valence-corrected chi connectivity index (χ1v) is 14.3. The van der Waals surface area contributed by atoms with Gasteiger partial charge in [-0.25, -0.2) is 14.2 Å². The second-order valence-corrected chi connectivity index (χ2v) is 10.8. The Balaban J connectivity index is 1.45. The molecule has 0 radical (unpaired) electrons.